The van der Waals surface area contributed by atoms with E-state index >= 15 is 0 Å². The fourth-order valence-electron chi connectivity index (χ4n) is 2.69. The fourth-order valence-corrected chi connectivity index (χ4v) is 3.26. The summed E-state index contributed by atoms with van der Waals surface area (Å²) < 4.78 is 422. The third kappa shape index (κ3) is 5.29. The molecule has 0 spiro atoms. The summed E-state index contributed by atoms with van der Waals surface area (Å²) in [5.74, 6) is -126. The number of hydrogen-bond donors (Lipinski definition) is 1. The molecule has 35 heteroatoms. The summed E-state index contributed by atoms with van der Waals surface area (Å²) in [6.45, 7) is 0. The van der Waals surface area contributed by atoms with Crippen molar-refractivity contribution in [2.24, 2.45) is 0 Å². The molecule has 0 saturated carbocycles. The molecule has 0 aliphatic carbocycles. The summed E-state index contributed by atoms with van der Waals surface area (Å²) in [6.07, 6.45) is -8.37. The summed E-state index contributed by atoms with van der Waals surface area (Å²) in [5, 5.41) is 0. The van der Waals surface area contributed by atoms with Crippen LogP contribution < -0.4 is 0 Å². The summed E-state index contributed by atoms with van der Waals surface area (Å²) in [4.78, 5) is 0. The van der Waals surface area contributed by atoms with Crippen molar-refractivity contribution in [2.75, 3.05) is 0 Å². The standard InChI is InChI=1S/C15HClF30O3S/c16-14(43,50(47,48)49)12(39,40)10(35,36)8(31,32)6(27,28)4(23,24)2(19,20)1(17,18)3(21,22)5(25,26)7(29,30)9(33,34)11(37,38)13(41,42)15(44,45)46/h(H,47,48,49). The maximum atomic E-state index is 13.8. The normalized spacial score (nSPS) is 18.3. The molecule has 0 amide bonds. The van der Waals surface area contributed by atoms with Crippen LogP contribution in [-0.4, -0.2) is 101 Å². The van der Waals surface area contributed by atoms with Gasteiger partial charge < -0.3 is 0 Å². The zero-order chi connectivity index (χ0) is 42.0. The Kier molecular flexibility index (Phi) is 10.9. The van der Waals surface area contributed by atoms with Crippen molar-refractivity contribution in [2.45, 2.75) is 87.6 Å². The minimum atomic E-state index is -10.1. The molecule has 1 N–H and O–H groups in total. The highest BCUT2D eigenvalue weighted by molar-refractivity contribution is 7.88. The first kappa shape index (κ1) is 48.1. The molecule has 50 heavy (non-hydrogen) atoms. The molecule has 3 nitrogen and oxygen atoms in total. The predicted octanol–water partition coefficient (Wildman–Crippen LogP) is 9.56. The Labute approximate surface area is 255 Å². The zero-order valence-corrected chi connectivity index (χ0v) is 22.5. The van der Waals surface area contributed by atoms with Gasteiger partial charge in [-0.3, -0.25) is 4.55 Å². The summed E-state index contributed by atoms with van der Waals surface area (Å²) in [5.41, 5.74) is 0. The van der Waals surface area contributed by atoms with Crippen molar-refractivity contribution in [3.63, 3.8) is 0 Å². The second-order valence-corrected chi connectivity index (χ2v) is 11.2. The van der Waals surface area contributed by atoms with Crippen LogP contribution in [-0.2, 0) is 10.1 Å². The summed E-state index contributed by atoms with van der Waals surface area (Å²) in [7, 11) is -7.97. The second kappa shape index (κ2) is 11.3. The van der Waals surface area contributed by atoms with Crippen LogP contribution in [0.5, 0.6) is 0 Å². The van der Waals surface area contributed by atoms with Gasteiger partial charge in [0, 0.05) is 0 Å². The lowest BCUT2D eigenvalue weighted by Crippen LogP contribution is -2.79. The first-order chi connectivity index (χ1) is 20.8. The summed E-state index contributed by atoms with van der Waals surface area (Å²) >= 11 is 3.45. The molecular weight excluding hydrogens is 866 g/mol. The van der Waals surface area contributed by atoms with Crippen LogP contribution in [0.25, 0.3) is 0 Å². The van der Waals surface area contributed by atoms with E-state index in [1.807, 2.05) is 0 Å². The lowest BCUT2D eigenvalue weighted by Gasteiger charge is -2.46. The minimum Gasteiger partial charge on any atom is -0.282 e. The van der Waals surface area contributed by atoms with Gasteiger partial charge in [-0.2, -0.15) is 140 Å². The number of alkyl halides is 31. The van der Waals surface area contributed by atoms with Crippen LogP contribution in [0.2, 0.25) is 0 Å². The van der Waals surface area contributed by atoms with Crippen LogP contribution in [0.3, 0.4) is 0 Å². The lowest BCUT2D eigenvalue weighted by molar-refractivity contribution is -0.487. The second-order valence-electron chi connectivity index (χ2n) is 8.96. The highest BCUT2D eigenvalue weighted by atomic mass is 35.5. The average Bonchev–Trinajstić information content (AvgIpc) is 2.85. The molecule has 0 heterocycles. The van der Waals surface area contributed by atoms with E-state index < -0.39 is 97.7 Å². The van der Waals surface area contributed by atoms with Gasteiger partial charge in [-0.15, -0.1) is 0 Å². The van der Waals surface area contributed by atoms with Gasteiger partial charge in [-0.25, -0.2) is 0 Å². The predicted molar refractivity (Wildman–Crippen MR) is 91.6 cm³/mol. The number of hydrogen-bond acceptors (Lipinski definition) is 2. The van der Waals surface area contributed by atoms with Crippen LogP contribution >= 0.6 is 11.6 Å². The molecule has 302 valence electrons. The smallest absolute Gasteiger partial charge is 0.282 e. The highest BCUT2D eigenvalue weighted by Gasteiger charge is 3.01. The molecule has 1 atom stereocenters. The SMILES string of the molecule is O=S(=O)(O)C(F)(Cl)C(F)(F)C(F)(F)C(F)(F)C(F)(F)C(F)(F)C(F)(F)C(F)(F)C(F)(F)C(F)(F)C(F)(F)C(F)(F)C(F)(F)C(F)(F)C(F)(F)F. The summed E-state index contributed by atoms with van der Waals surface area (Å²) in [6, 6.07) is 0. The van der Waals surface area contributed by atoms with Crippen LogP contribution in [0.15, 0.2) is 0 Å². The van der Waals surface area contributed by atoms with Gasteiger partial charge >= 0.3 is 97.7 Å². The molecule has 0 aromatic carbocycles. The highest BCUT2D eigenvalue weighted by Crippen LogP contribution is 2.69. The van der Waals surface area contributed by atoms with E-state index in [1.165, 1.54) is 0 Å². The van der Waals surface area contributed by atoms with Crippen molar-refractivity contribution in [3.8, 4) is 0 Å². The topological polar surface area (TPSA) is 54.4 Å². The maximum absolute atomic E-state index is 13.8. The largest absolute Gasteiger partial charge is 0.460 e. The van der Waals surface area contributed by atoms with E-state index in [-0.39, 0.29) is 0 Å². The van der Waals surface area contributed by atoms with Gasteiger partial charge in [0.2, 0.25) is 0 Å². The third-order valence-electron chi connectivity index (χ3n) is 5.78. The third-order valence-corrected chi connectivity index (χ3v) is 7.50. The molecule has 0 radical (unpaired) electrons. The van der Waals surface area contributed by atoms with Crippen molar-refractivity contribution < 1.29 is 145 Å². The van der Waals surface area contributed by atoms with E-state index in [0.29, 0.717) is 0 Å². The molecular formula is C15HClF30O3S. The molecule has 0 bridgehead atoms. The zero-order valence-electron chi connectivity index (χ0n) is 20.9. The van der Waals surface area contributed by atoms with Gasteiger partial charge in [0.1, 0.15) is 0 Å². The Balaban J connectivity index is 7.73. The number of rotatable bonds is 14. The van der Waals surface area contributed by atoms with Crippen molar-refractivity contribution in [3.05, 3.63) is 0 Å². The molecule has 0 aliphatic rings. The van der Waals surface area contributed by atoms with Crippen molar-refractivity contribution in [1.82, 2.24) is 0 Å². The van der Waals surface area contributed by atoms with E-state index in [1.54, 1.807) is 0 Å². The van der Waals surface area contributed by atoms with Crippen molar-refractivity contribution in [1.29, 1.82) is 0 Å². The van der Waals surface area contributed by atoms with Crippen molar-refractivity contribution >= 4 is 21.7 Å². The van der Waals surface area contributed by atoms with Gasteiger partial charge in [-0.1, -0.05) is 11.6 Å². The molecule has 0 rings (SSSR count). The van der Waals surface area contributed by atoms with E-state index in [4.69, 9.17) is 4.55 Å². The monoisotopic (exact) mass is 866 g/mol. The van der Waals surface area contributed by atoms with Crippen LogP contribution in [0, 0.1) is 0 Å². The van der Waals surface area contributed by atoms with Gasteiger partial charge in [0.15, 0.2) is 0 Å². The number of halogens is 31. The van der Waals surface area contributed by atoms with Gasteiger partial charge in [-0.05, 0) is 0 Å². The van der Waals surface area contributed by atoms with Gasteiger partial charge in [0.25, 0.3) is 0 Å². The molecule has 1 unspecified atom stereocenters. The maximum Gasteiger partial charge on any atom is 0.460 e. The Morgan fingerprint density at radius 3 is 0.520 bits per heavy atom. The molecule has 0 aromatic heterocycles. The van der Waals surface area contributed by atoms with Crippen LogP contribution in [0.1, 0.15) is 0 Å². The lowest BCUT2D eigenvalue weighted by atomic mass is 9.83. The molecule has 0 aromatic rings. The Hall–Kier alpha value is -1.90. The van der Waals surface area contributed by atoms with E-state index in [9.17, 15) is 140 Å². The quantitative estimate of drug-likeness (QED) is 0.108. The van der Waals surface area contributed by atoms with E-state index in [2.05, 4.69) is 11.6 Å². The molecule has 0 saturated heterocycles. The Morgan fingerprint density at radius 1 is 0.280 bits per heavy atom. The van der Waals surface area contributed by atoms with Crippen LogP contribution in [0.4, 0.5) is 132 Å². The van der Waals surface area contributed by atoms with Gasteiger partial charge in [0.05, 0.1) is 0 Å². The average molecular weight is 867 g/mol. The van der Waals surface area contributed by atoms with E-state index in [0.717, 1.165) is 0 Å². The molecule has 0 aliphatic heterocycles. The molecule has 0 fully saturated rings. The minimum absolute atomic E-state index is 3.45. The Bertz CT molecular complexity index is 1390. The fraction of sp³-hybridized carbons (Fsp3) is 1.00. The first-order valence-corrected chi connectivity index (χ1v) is 11.9. The Morgan fingerprint density at radius 2 is 0.400 bits per heavy atom. The first-order valence-electron chi connectivity index (χ1n) is 10.1.